The lowest BCUT2D eigenvalue weighted by atomic mass is 10.2. The molecule has 0 bridgehead atoms. The Kier molecular flexibility index (Phi) is 2.89. The number of rotatable bonds is 0. The maximum atomic E-state index is 13.1. The highest BCUT2D eigenvalue weighted by molar-refractivity contribution is 5.49. The van der Waals surface area contributed by atoms with Gasteiger partial charge in [-0.1, -0.05) is 17.9 Å². The highest BCUT2D eigenvalue weighted by Crippen LogP contribution is 2.12. The molecule has 1 aromatic rings. The van der Waals surface area contributed by atoms with Gasteiger partial charge in [-0.05, 0) is 12.1 Å². The van der Waals surface area contributed by atoms with Gasteiger partial charge in [0.2, 0.25) is 0 Å². The monoisotopic (exact) mass is 174 g/mol. The second kappa shape index (κ2) is 4.13. The van der Waals surface area contributed by atoms with E-state index in [0.717, 1.165) is 0 Å². The van der Waals surface area contributed by atoms with Crippen LogP contribution in [0.5, 0.6) is 0 Å². The average Bonchev–Trinajstić information content (AvgIpc) is 2.13. The zero-order valence-corrected chi connectivity index (χ0v) is 6.84. The number of nitrogen functional groups attached to an aromatic ring is 1. The molecule has 0 radical (unpaired) electrons. The van der Waals surface area contributed by atoms with Gasteiger partial charge in [0.25, 0.3) is 0 Å². The first-order chi connectivity index (χ1) is 6.25. The van der Waals surface area contributed by atoms with E-state index in [1.165, 1.54) is 12.1 Å². The van der Waals surface area contributed by atoms with E-state index in [1.54, 1.807) is 6.07 Å². The van der Waals surface area contributed by atoms with Crippen molar-refractivity contribution in [2.75, 3.05) is 5.73 Å². The molecule has 0 saturated carbocycles. The first kappa shape index (κ1) is 9.09. The number of nitrogens with two attached hydrogens (primary N) is 1. The first-order valence-corrected chi connectivity index (χ1v) is 3.65. The van der Waals surface area contributed by atoms with Crippen LogP contribution in [0.1, 0.15) is 12.0 Å². The van der Waals surface area contributed by atoms with Gasteiger partial charge in [0, 0.05) is 0 Å². The van der Waals surface area contributed by atoms with Crippen molar-refractivity contribution in [3.05, 3.63) is 29.6 Å². The van der Waals surface area contributed by atoms with Crippen LogP contribution in [-0.2, 0) is 0 Å². The third-order valence-corrected chi connectivity index (χ3v) is 1.42. The van der Waals surface area contributed by atoms with Gasteiger partial charge in [-0.15, -0.1) is 0 Å². The van der Waals surface area contributed by atoms with E-state index in [-0.39, 0.29) is 17.7 Å². The minimum Gasteiger partial charge on any atom is -0.396 e. The molecule has 0 aromatic heterocycles. The van der Waals surface area contributed by atoms with Crippen LogP contribution in [0.15, 0.2) is 18.2 Å². The summed E-state index contributed by atoms with van der Waals surface area (Å²) in [6, 6.07) is 6.45. The molecular weight excluding hydrogens is 167 g/mol. The van der Waals surface area contributed by atoms with Crippen LogP contribution in [0.25, 0.3) is 0 Å². The summed E-state index contributed by atoms with van der Waals surface area (Å²) >= 11 is 0. The molecule has 0 unspecified atom stereocenters. The summed E-state index contributed by atoms with van der Waals surface area (Å²) in [6.07, 6.45) is 0.0915. The zero-order chi connectivity index (χ0) is 9.68. The molecule has 0 aliphatic carbocycles. The lowest BCUT2D eigenvalue weighted by Gasteiger charge is -1.96. The van der Waals surface area contributed by atoms with E-state index in [0.29, 0.717) is 0 Å². The van der Waals surface area contributed by atoms with Crippen LogP contribution in [-0.4, -0.2) is 0 Å². The Morgan fingerprint density at radius 1 is 1.46 bits per heavy atom. The Bertz CT molecular complexity index is 407. The van der Waals surface area contributed by atoms with Crippen molar-refractivity contribution >= 4 is 5.69 Å². The summed E-state index contributed by atoms with van der Waals surface area (Å²) in [6.45, 7) is 0. The van der Waals surface area contributed by atoms with Gasteiger partial charge in [-0.3, -0.25) is 0 Å². The summed E-state index contributed by atoms with van der Waals surface area (Å²) in [7, 11) is 0. The van der Waals surface area contributed by atoms with Crippen molar-refractivity contribution in [2.45, 2.75) is 6.42 Å². The summed E-state index contributed by atoms with van der Waals surface area (Å²) in [4.78, 5) is 0. The van der Waals surface area contributed by atoms with Gasteiger partial charge in [-0.25, -0.2) is 4.39 Å². The van der Waals surface area contributed by atoms with E-state index < -0.39 is 5.82 Å². The largest absolute Gasteiger partial charge is 0.396 e. The lowest BCUT2D eigenvalue weighted by Crippen LogP contribution is -1.92. The SMILES string of the molecule is N#CCC#Cc1cccc(N)c1F. The van der Waals surface area contributed by atoms with Gasteiger partial charge in [-0.2, -0.15) is 5.26 Å². The quantitative estimate of drug-likeness (QED) is 0.480. The molecular formula is C10H7FN2. The van der Waals surface area contributed by atoms with Crippen molar-refractivity contribution in [3.63, 3.8) is 0 Å². The molecule has 3 heteroatoms. The van der Waals surface area contributed by atoms with Crippen LogP contribution < -0.4 is 5.73 Å². The topological polar surface area (TPSA) is 49.8 Å². The predicted molar refractivity (Wildman–Crippen MR) is 47.9 cm³/mol. The fourth-order valence-electron chi connectivity index (χ4n) is 0.825. The second-order valence-corrected chi connectivity index (χ2v) is 2.35. The number of anilines is 1. The number of hydrogen-bond donors (Lipinski definition) is 1. The summed E-state index contributed by atoms with van der Waals surface area (Å²) in [5.74, 6) is 4.52. The third-order valence-electron chi connectivity index (χ3n) is 1.42. The smallest absolute Gasteiger partial charge is 0.161 e. The Labute approximate surface area is 75.8 Å². The second-order valence-electron chi connectivity index (χ2n) is 2.35. The molecule has 0 aliphatic heterocycles. The van der Waals surface area contributed by atoms with Crippen molar-refractivity contribution < 1.29 is 4.39 Å². The number of benzene rings is 1. The normalized spacial score (nSPS) is 8.31. The van der Waals surface area contributed by atoms with E-state index in [4.69, 9.17) is 11.0 Å². The zero-order valence-electron chi connectivity index (χ0n) is 6.84. The van der Waals surface area contributed by atoms with Gasteiger partial charge in [0.05, 0.1) is 23.7 Å². The van der Waals surface area contributed by atoms with Crippen molar-refractivity contribution in [1.29, 1.82) is 5.26 Å². The lowest BCUT2D eigenvalue weighted by molar-refractivity contribution is 0.629. The maximum Gasteiger partial charge on any atom is 0.161 e. The minimum atomic E-state index is -0.520. The Morgan fingerprint density at radius 2 is 2.23 bits per heavy atom. The van der Waals surface area contributed by atoms with E-state index in [2.05, 4.69) is 11.8 Å². The third kappa shape index (κ3) is 2.21. The predicted octanol–water partition coefficient (Wildman–Crippen LogP) is 1.67. The molecule has 0 spiro atoms. The van der Waals surface area contributed by atoms with Crippen LogP contribution in [0, 0.1) is 29.0 Å². The molecule has 0 amide bonds. The molecule has 1 aromatic carbocycles. The Morgan fingerprint density at radius 3 is 2.92 bits per heavy atom. The molecule has 1 rings (SSSR count). The number of halogens is 1. The van der Waals surface area contributed by atoms with Gasteiger partial charge >= 0.3 is 0 Å². The molecule has 0 saturated heterocycles. The summed E-state index contributed by atoms with van der Waals surface area (Å²) in [5.41, 5.74) is 5.62. The number of nitriles is 1. The van der Waals surface area contributed by atoms with Crippen LogP contribution in [0.4, 0.5) is 10.1 Å². The van der Waals surface area contributed by atoms with Crippen LogP contribution in [0.3, 0.4) is 0 Å². The Balaban J connectivity index is 2.99. The Hall–Kier alpha value is -2.00. The average molecular weight is 174 g/mol. The van der Waals surface area contributed by atoms with Gasteiger partial charge in [0.15, 0.2) is 5.82 Å². The van der Waals surface area contributed by atoms with Gasteiger partial charge < -0.3 is 5.73 Å². The molecule has 2 N–H and O–H groups in total. The molecule has 0 aliphatic rings. The van der Waals surface area contributed by atoms with E-state index in [9.17, 15) is 4.39 Å². The van der Waals surface area contributed by atoms with Crippen molar-refractivity contribution in [2.24, 2.45) is 0 Å². The summed E-state index contributed by atoms with van der Waals surface area (Å²) < 4.78 is 13.1. The van der Waals surface area contributed by atoms with Crippen molar-refractivity contribution in [1.82, 2.24) is 0 Å². The molecule has 0 atom stereocenters. The number of hydrogen-bond acceptors (Lipinski definition) is 2. The van der Waals surface area contributed by atoms with Gasteiger partial charge in [0.1, 0.15) is 0 Å². The van der Waals surface area contributed by atoms with Crippen molar-refractivity contribution in [3.8, 4) is 17.9 Å². The minimum absolute atomic E-state index is 0.0729. The molecule has 0 fully saturated rings. The highest BCUT2D eigenvalue weighted by atomic mass is 19.1. The fourth-order valence-corrected chi connectivity index (χ4v) is 0.825. The van der Waals surface area contributed by atoms with E-state index >= 15 is 0 Å². The van der Waals surface area contributed by atoms with Crippen LogP contribution in [0.2, 0.25) is 0 Å². The standard InChI is InChI=1S/C10H7FN2/c11-10-8(4-1-2-7-12)5-3-6-9(10)13/h3,5-6H,2,13H2. The molecule has 0 heterocycles. The molecule has 2 nitrogen and oxygen atoms in total. The van der Waals surface area contributed by atoms with Crippen LogP contribution >= 0.6 is 0 Å². The van der Waals surface area contributed by atoms with E-state index in [1.807, 2.05) is 6.07 Å². The first-order valence-electron chi connectivity index (χ1n) is 3.65. The summed E-state index contributed by atoms with van der Waals surface area (Å²) in [5, 5.41) is 8.20. The highest BCUT2D eigenvalue weighted by Gasteiger charge is 2.00. The maximum absolute atomic E-state index is 13.1. The molecule has 13 heavy (non-hydrogen) atoms. The molecule has 64 valence electrons. The fraction of sp³-hybridized carbons (Fsp3) is 0.100. The number of nitrogens with zero attached hydrogens (tertiary/aromatic N) is 1.